The fourth-order valence-corrected chi connectivity index (χ4v) is 5.34. The first-order valence-corrected chi connectivity index (χ1v) is 13.9. The van der Waals surface area contributed by atoms with E-state index in [9.17, 15) is 20.6 Å². The Bertz CT molecular complexity index is 1440. The Morgan fingerprint density at radius 3 is 2.41 bits per heavy atom. The highest BCUT2D eigenvalue weighted by Crippen LogP contribution is 2.47. The predicted molar refractivity (Wildman–Crippen MR) is 154 cm³/mol. The van der Waals surface area contributed by atoms with E-state index in [4.69, 9.17) is 25.8 Å². The standard InChI is InChI=1S/C29H34ClN5O6/c1-39-25-15-24(22(30)12-20(25)18-4-5-18)33-28-19(16-31)17-32-23-14-27(26(40-2)13-21(23)28)41-11-3-6-34-7-9-35(10-8-34)29(36,37)38/h12-15,17-18,36-38H,3-11H2,1-2H3,(H,32,33). The SMILES string of the molecule is COc1cc2c(Nc3cc(OC)c(C4CC4)cc3Cl)c(C#N)cnc2cc1OCCCN1CCN(C(O)(O)O)CC1. The summed E-state index contributed by atoms with van der Waals surface area (Å²) in [7, 11) is 3.20. The first-order valence-electron chi connectivity index (χ1n) is 13.5. The van der Waals surface area contributed by atoms with Crippen LogP contribution in [0.5, 0.6) is 17.2 Å². The molecule has 2 fully saturated rings. The molecule has 0 amide bonds. The van der Waals surface area contributed by atoms with E-state index in [2.05, 4.69) is 21.3 Å². The molecule has 5 rings (SSSR count). The minimum Gasteiger partial charge on any atom is -0.496 e. The van der Waals surface area contributed by atoms with Gasteiger partial charge in [-0.05, 0) is 42.9 Å². The van der Waals surface area contributed by atoms with Gasteiger partial charge in [0.2, 0.25) is 0 Å². The highest BCUT2D eigenvalue weighted by atomic mass is 35.5. The van der Waals surface area contributed by atoms with Gasteiger partial charge in [-0.2, -0.15) is 5.26 Å². The lowest BCUT2D eigenvalue weighted by atomic mass is 10.1. The molecule has 41 heavy (non-hydrogen) atoms. The van der Waals surface area contributed by atoms with Gasteiger partial charge in [-0.25, -0.2) is 4.90 Å². The topological polar surface area (TPSA) is 144 Å². The van der Waals surface area contributed by atoms with Crippen molar-refractivity contribution >= 4 is 33.9 Å². The van der Waals surface area contributed by atoms with Gasteiger partial charge in [0.05, 0.1) is 48.3 Å². The minimum atomic E-state index is -2.78. The van der Waals surface area contributed by atoms with Crippen molar-refractivity contribution < 1.29 is 29.5 Å². The molecule has 0 spiro atoms. The number of aliphatic hydroxyl groups is 3. The van der Waals surface area contributed by atoms with E-state index in [-0.39, 0.29) is 0 Å². The molecule has 1 aromatic heterocycles. The molecule has 1 saturated carbocycles. The molecule has 1 aliphatic carbocycles. The molecule has 2 aliphatic rings. The molecule has 2 heterocycles. The van der Waals surface area contributed by atoms with Gasteiger partial charge >= 0.3 is 6.10 Å². The zero-order valence-corrected chi connectivity index (χ0v) is 23.8. The van der Waals surface area contributed by atoms with Crippen molar-refractivity contribution in [2.45, 2.75) is 31.3 Å². The van der Waals surface area contributed by atoms with Gasteiger partial charge in [0.25, 0.3) is 0 Å². The second-order valence-corrected chi connectivity index (χ2v) is 10.7. The highest BCUT2D eigenvalue weighted by Gasteiger charge is 2.32. The van der Waals surface area contributed by atoms with Gasteiger partial charge in [-0.15, -0.1) is 0 Å². The largest absolute Gasteiger partial charge is 0.496 e. The van der Waals surface area contributed by atoms with E-state index in [0.29, 0.717) is 83.1 Å². The molecule has 0 atom stereocenters. The first kappa shape index (κ1) is 29.1. The summed E-state index contributed by atoms with van der Waals surface area (Å²) < 4.78 is 17.3. The Hall–Kier alpha value is -3.37. The number of hydrogen-bond acceptors (Lipinski definition) is 11. The molecule has 1 saturated heterocycles. The maximum atomic E-state index is 9.85. The molecule has 218 valence electrons. The lowest BCUT2D eigenvalue weighted by Gasteiger charge is -2.38. The van der Waals surface area contributed by atoms with Crippen LogP contribution in [-0.4, -0.2) is 89.8 Å². The summed E-state index contributed by atoms with van der Waals surface area (Å²) >= 11 is 6.66. The van der Waals surface area contributed by atoms with Crippen LogP contribution in [0.25, 0.3) is 10.9 Å². The summed E-state index contributed by atoms with van der Waals surface area (Å²) in [5.41, 5.74) is 3.26. The number of nitriles is 1. The van der Waals surface area contributed by atoms with E-state index in [1.807, 2.05) is 12.1 Å². The Kier molecular flexibility index (Phi) is 8.70. The van der Waals surface area contributed by atoms with Gasteiger partial charge in [0, 0.05) is 56.4 Å². The number of nitrogens with zero attached hydrogens (tertiary/aromatic N) is 4. The van der Waals surface area contributed by atoms with Gasteiger partial charge in [0.15, 0.2) is 11.5 Å². The van der Waals surface area contributed by atoms with E-state index in [1.54, 1.807) is 26.4 Å². The monoisotopic (exact) mass is 583 g/mol. The summed E-state index contributed by atoms with van der Waals surface area (Å²) in [5, 5.41) is 42.4. The van der Waals surface area contributed by atoms with E-state index in [1.165, 1.54) is 11.1 Å². The smallest absolute Gasteiger partial charge is 0.345 e. The molecule has 2 aromatic carbocycles. The van der Waals surface area contributed by atoms with Crippen LogP contribution in [0, 0.1) is 11.3 Å². The van der Waals surface area contributed by atoms with Crippen LogP contribution < -0.4 is 19.5 Å². The maximum absolute atomic E-state index is 9.85. The van der Waals surface area contributed by atoms with Crippen molar-refractivity contribution in [1.29, 1.82) is 5.26 Å². The number of anilines is 2. The average Bonchev–Trinajstić information content (AvgIpc) is 3.81. The van der Waals surface area contributed by atoms with Crippen molar-refractivity contribution in [2.24, 2.45) is 0 Å². The Balaban J connectivity index is 1.31. The number of fused-ring (bicyclic) bond motifs is 1. The van der Waals surface area contributed by atoms with Crippen LogP contribution in [0.3, 0.4) is 0 Å². The summed E-state index contributed by atoms with van der Waals surface area (Å²) in [6.07, 6.45) is 1.71. The zero-order chi connectivity index (χ0) is 29.1. The van der Waals surface area contributed by atoms with Crippen LogP contribution in [-0.2, 0) is 0 Å². The molecule has 3 aromatic rings. The third-order valence-corrected chi connectivity index (χ3v) is 7.86. The summed E-state index contributed by atoms with van der Waals surface area (Å²) in [5.74, 6) is 2.26. The molecular formula is C29H34ClN5O6. The zero-order valence-electron chi connectivity index (χ0n) is 23.1. The van der Waals surface area contributed by atoms with E-state index < -0.39 is 6.10 Å². The van der Waals surface area contributed by atoms with Crippen LogP contribution in [0.4, 0.5) is 11.4 Å². The van der Waals surface area contributed by atoms with Crippen molar-refractivity contribution in [3.05, 3.63) is 46.6 Å². The van der Waals surface area contributed by atoms with Crippen LogP contribution in [0.15, 0.2) is 30.5 Å². The molecule has 0 unspecified atom stereocenters. The Labute approximate surface area is 243 Å². The van der Waals surface area contributed by atoms with Crippen LogP contribution >= 0.6 is 11.6 Å². The van der Waals surface area contributed by atoms with Gasteiger partial charge < -0.3 is 39.7 Å². The molecule has 12 heteroatoms. The number of piperazine rings is 1. The first-order chi connectivity index (χ1) is 19.7. The number of pyridine rings is 1. The second-order valence-electron chi connectivity index (χ2n) is 10.3. The molecular weight excluding hydrogens is 550 g/mol. The number of ether oxygens (including phenoxy) is 3. The molecule has 1 aliphatic heterocycles. The number of rotatable bonds is 11. The quantitative estimate of drug-likeness (QED) is 0.195. The molecule has 11 nitrogen and oxygen atoms in total. The number of benzene rings is 2. The minimum absolute atomic E-state index is 0.345. The maximum Gasteiger partial charge on any atom is 0.345 e. The lowest BCUT2D eigenvalue weighted by Crippen LogP contribution is -2.57. The molecule has 0 radical (unpaired) electrons. The van der Waals surface area contributed by atoms with E-state index in [0.717, 1.165) is 37.1 Å². The fourth-order valence-electron chi connectivity index (χ4n) is 5.12. The number of hydrogen-bond donors (Lipinski definition) is 4. The third kappa shape index (κ3) is 6.59. The number of nitrogens with one attached hydrogen (secondary N) is 1. The normalized spacial score (nSPS) is 16.4. The summed E-state index contributed by atoms with van der Waals surface area (Å²) in [6, 6.07) is 9.60. The Morgan fingerprint density at radius 1 is 1.05 bits per heavy atom. The van der Waals surface area contributed by atoms with Crippen LogP contribution in [0.1, 0.15) is 36.3 Å². The van der Waals surface area contributed by atoms with Gasteiger partial charge in [-0.3, -0.25) is 4.98 Å². The van der Waals surface area contributed by atoms with Gasteiger partial charge in [0.1, 0.15) is 11.8 Å². The number of methoxy groups -OCH3 is 2. The van der Waals surface area contributed by atoms with Crippen molar-refractivity contribution in [3.63, 3.8) is 0 Å². The highest BCUT2D eigenvalue weighted by molar-refractivity contribution is 6.33. The molecule has 4 N–H and O–H groups in total. The van der Waals surface area contributed by atoms with Crippen molar-refractivity contribution in [3.8, 4) is 23.3 Å². The van der Waals surface area contributed by atoms with Crippen LogP contribution in [0.2, 0.25) is 5.02 Å². The summed E-state index contributed by atoms with van der Waals surface area (Å²) in [6.45, 7) is 3.07. The average molecular weight is 584 g/mol. The fraction of sp³-hybridized carbons (Fsp3) is 0.448. The number of halogens is 1. The van der Waals surface area contributed by atoms with Gasteiger partial charge in [-0.1, -0.05) is 11.6 Å². The second kappa shape index (κ2) is 12.2. The number of aromatic nitrogens is 1. The van der Waals surface area contributed by atoms with E-state index >= 15 is 0 Å². The molecule has 0 bridgehead atoms. The lowest BCUT2D eigenvalue weighted by molar-refractivity contribution is -0.396. The Morgan fingerprint density at radius 2 is 1.78 bits per heavy atom. The third-order valence-electron chi connectivity index (χ3n) is 7.54. The van der Waals surface area contributed by atoms with Crippen molar-refractivity contribution in [2.75, 3.05) is 58.9 Å². The summed E-state index contributed by atoms with van der Waals surface area (Å²) in [4.78, 5) is 7.87. The predicted octanol–water partition coefficient (Wildman–Crippen LogP) is 3.37. The van der Waals surface area contributed by atoms with Crippen molar-refractivity contribution in [1.82, 2.24) is 14.8 Å².